The summed E-state index contributed by atoms with van der Waals surface area (Å²) in [6.45, 7) is 2.67. The van der Waals surface area contributed by atoms with Gasteiger partial charge in [0.25, 0.3) is 5.91 Å². The van der Waals surface area contributed by atoms with Gasteiger partial charge in [-0.15, -0.1) is 0 Å². The molecule has 0 aromatic heterocycles. The molecule has 7 heteroatoms. The van der Waals surface area contributed by atoms with Crippen LogP contribution in [0.15, 0.2) is 36.4 Å². The van der Waals surface area contributed by atoms with Crippen molar-refractivity contribution in [2.75, 3.05) is 27.9 Å². The summed E-state index contributed by atoms with van der Waals surface area (Å²) in [5, 5.41) is 3.66. The molecule has 1 atom stereocenters. The van der Waals surface area contributed by atoms with Crippen molar-refractivity contribution in [1.82, 2.24) is 5.32 Å². The SMILES string of the molecule is CCCCOC(CCCC#Cc1ccc(Cl)cc1)NC(=O)c1cc(OC)c(OC)c(OC)c1. The van der Waals surface area contributed by atoms with Crippen LogP contribution in [0.3, 0.4) is 0 Å². The van der Waals surface area contributed by atoms with Crippen molar-refractivity contribution in [3.05, 3.63) is 52.5 Å². The van der Waals surface area contributed by atoms with Crippen LogP contribution < -0.4 is 19.5 Å². The Morgan fingerprint density at radius 1 is 1.03 bits per heavy atom. The molecule has 1 N–H and O–H groups in total. The minimum absolute atomic E-state index is 0.275. The minimum Gasteiger partial charge on any atom is -0.493 e. The van der Waals surface area contributed by atoms with E-state index in [9.17, 15) is 4.79 Å². The van der Waals surface area contributed by atoms with Gasteiger partial charge < -0.3 is 24.3 Å². The molecule has 0 aliphatic carbocycles. The molecule has 0 bridgehead atoms. The Morgan fingerprint density at radius 3 is 2.27 bits per heavy atom. The number of unbranched alkanes of at least 4 members (excludes halogenated alkanes) is 2. The topological polar surface area (TPSA) is 66.0 Å². The maximum Gasteiger partial charge on any atom is 0.253 e. The van der Waals surface area contributed by atoms with Crippen LogP contribution in [0.2, 0.25) is 5.02 Å². The Morgan fingerprint density at radius 2 is 1.70 bits per heavy atom. The van der Waals surface area contributed by atoms with E-state index in [0.717, 1.165) is 24.8 Å². The van der Waals surface area contributed by atoms with Crippen molar-refractivity contribution in [2.24, 2.45) is 0 Å². The van der Waals surface area contributed by atoms with Crippen molar-refractivity contribution >= 4 is 17.5 Å². The average molecular weight is 474 g/mol. The Kier molecular flexibility index (Phi) is 11.4. The molecule has 1 unspecified atom stereocenters. The fraction of sp³-hybridized carbons (Fsp3) is 0.423. The lowest BCUT2D eigenvalue weighted by molar-refractivity contribution is 0.0209. The summed E-state index contributed by atoms with van der Waals surface area (Å²) >= 11 is 5.90. The van der Waals surface area contributed by atoms with Gasteiger partial charge in [-0.25, -0.2) is 0 Å². The van der Waals surface area contributed by atoms with Gasteiger partial charge in [-0.3, -0.25) is 4.79 Å². The first-order chi connectivity index (χ1) is 16.0. The van der Waals surface area contributed by atoms with Gasteiger partial charge >= 0.3 is 0 Å². The van der Waals surface area contributed by atoms with Gasteiger partial charge in [-0.1, -0.05) is 36.8 Å². The Balaban J connectivity index is 2.02. The third-order valence-electron chi connectivity index (χ3n) is 4.88. The molecule has 2 aromatic carbocycles. The summed E-state index contributed by atoms with van der Waals surface area (Å²) in [5.41, 5.74) is 1.32. The van der Waals surface area contributed by atoms with E-state index in [1.54, 1.807) is 12.1 Å². The highest BCUT2D eigenvalue weighted by Crippen LogP contribution is 2.38. The number of benzene rings is 2. The van der Waals surface area contributed by atoms with E-state index in [2.05, 4.69) is 24.1 Å². The summed E-state index contributed by atoms with van der Waals surface area (Å²) in [5.74, 6) is 7.29. The number of rotatable bonds is 12. The molecule has 0 fully saturated rings. The molecule has 2 aromatic rings. The molecule has 0 spiro atoms. The maximum atomic E-state index is 12.9. The van der Waals surface area contributed by atoms with Gasteiger partial charge in [0, 0.05) is 29.2 Å². The maximum absolute atomic E-state index is 12.9. The minimum atomic E-state index is -0.416. The lowest BCUT2D eigenvalue weighted by Crippen LogP contribution is -2.37. The van der Waals surface area contributed by atoms with Gasteiger partial charge in [0.2, 0.25) is 5.75 Å². The highest BCUT2D eigenvalue weighted by atomic mass is 35.5. The lowest BCUT2D eigenvalue weighted by atomic mass is 10.1. The number of ether oxygens (including phenoxy) is 4. The number of nitrogens with one attached hydrogen (secondary N) is 1. The predicted molar refractivity (Wildman–Crippen MR) is 130 cm³/mol. The number of hydrogen-bond acceptors (Lipinski definition) is 5. The number of halogens is 1. The van der Waals surface area contributed by atoms with Gasteiger partial charge in [0.15, 0.2) is 11.5 Å². The molecule has 33 heavy (non-hydrogen) atoms. The zero-order chi connectivity index (χ0) is 24.1. The first kappa shape index (κ1) is 26.4. The number of carbonyl (C=O) groups excluding carboxylic acids is 1. The Bertz CT molecular complexity index is 924. The van der Waals surface area contributed by atoms with Crippen molar-refractivity contribution in [3.8, 4) is 29.1 Å². The van der Waals surface area contributed by atoms with Gasteiger partial charge in [-0.05, 0) is 55.7 Å². The molecule has 0 saturated carbocycles. The van der Waals surface area contributed by atoms with Crippen molar-refractivity contribution in [3.63, 3.8) is 0 Å². The molecular formula is C26H32ClNO5. The van der Waals surface area contributed by atoms with E-state index in [1.807, 2.05) is 24.3 Å². The largest absolute Gasteiger partial charge is 0.493 e. The van der Waals surface area contributed by atoms with Crippen molar-refractivity contribution in [1.29, 1.82) is 0 Å². The molecule has 0 aliphatic heterocycles. The zero-order valence-corrected chi connectivity index (χ0v) is 20.5. The fourth-order valence-electron chi connectivity index (χ4n) is 3.08. The molecule has 0 radical (unpaired) electrons. The zero-order valence-electron chi connectivity index (χ0n) is 19.7. The second kappa shape index (κ2) is 14.3. The third-order valence-corrected chi connectivity index (χ3v) is 5.13. The van der Waals surface area contributed by atoms with E-state index in [-0.39, 0.29) is 5.91 Å². The number of amides is 1. The number of methoxy groups -OCH3 is 3. The molecule has 0 heterocycles. The highest BCUT2D eigenvalue weighted by molar-refractivity contribution is 6.30. The van der Waals surface area contributed by atoms with E-state index < -0.39 is 6.23 Å². The van der Waals surface area contributed by atoms with Crippen LogP contribution in [0.1, 0.15) is 54.9 Å². The van der Waals surface area contributed by atoms with E-state index in [1.165, 1.54) is 21.3 Å². The molecule has 1 amide bonds. The van der Waals surface area contributed by atoms with Gasteiger partial charge in [0.1, 0.15) is 6.23 Å². The quantitative estimate of drug-likeness (QED) is 0.252. The molecular weight excluding hydrogens is 442 g/mol. The summed E-state index contributed by atoms with van der Waals surface area (Å²) in [6, 6.07) is 10.7. The Hall–Kier alpha value is -2.88. The highest BCUT2D eigenvalue weighted by Gasteiger charge is 2.19. The van der Waals surface area contributed by atoms with Crippen LogP contribution in [0, 0.1) is 11.8 Å². The molecule has 0 aliphatic rings. The van der Waals surface area contributed by atoms with E-state index >= 15 is 0 Å². The van der Waals surface area contributed by atoms with Gasteiger partial charge in [-0.2, -0.15) is 0 Å². The predicted octanol–water partition coefficient (Wildman–Crippen LogP) is 5.46. The second-order valence-corrected chi connectivity index (χ2v) is 7.74. The normalized spacial score (nSPS) is 11.2. The number of carbonyl (C=O) groups is 1. The monoisotopic (exact) mass is 473 g/mol. The molecule has 178 valence electrons. The van der Waals surface area contributed by atoms with Crippen LogP contribution in [0.25, 0.3) is 0 Å². The van der Waals surface area contributed by atoms with Crippen LogP contribution in [0.4, 0.5) is 0 Å². The van der Waals surface area contributed by atoms with Crippen LogP contribution in [0.5, 0.6) is 17.2 Å². The standard InChI is InChI=1S/C26H32ClNO5/c1-5-6-16-33-24(11-9-7-8-10-19-12-14-21(27)15-13-19)28-26(29)20-17-22(30-2)25(32-4)23(18-20)31-3/h12-15,17-18,24H,5-7,9,11,16H2,1-4H3,(H,28,29). The van der Waals surface area contributed by atoms with Crippen LogP contribution in [-0.2, 0) is 4.74 Å². The van der Waals surface area contributed by atoms with Crippen molar-refractivity contribution < 1.29 is 23.7 Å². The van der Waals surface area contributed by atoms with Crippen LogP contribution >= 0.6 is 11.6 Å². The molecule has 2 rings (SSSR count). The first-order valence-electron chi connectivity index (χ1n) is 11.0. The average Bonchev–Trinajstić information content (AvgIpc) is 2.83. The Labute approximate surface area is 201 Å². The smallest absolute Gasteiger partial charge is 0.253 e. The second-order valence-electron chi connectivity index (χ2n) is 7.30. The van der Waals surface area contributed by atoms with E-state index in [0.29, 0.717) is 47.3 Å². The molecule has 0 saturated heterocycles. The molecule has 6 nitrogen and oxygen atoms in total. The van der Waals surface area contributed by atoms with Crippen LogP contribution in [-0.4, -0.2) is 40.1 Å². The third kappa shape index (κ3) is 8.53. The summed E-state index contributed by atoms with van der Waals surface area (Å²) in [6.07, 6.45) is 3.64. The summed E-state index contributed by atoms with van der Waals surface area (Å²) in [4.78, 5) is 12.9. The van der Waals surface area contributed by atoms with E-state index in [4.69, 9.17) is 30.5 Å². The summed E-state index contributed by atoms with van der Waals surface area (Å²) in [7, 11) is 4.55. The first-order valence-corrected chi connectivity index (χ1v) is 11.4. The fourth-order valence-corrected chi connectivity index (χ4v) is 3.21. The lowest BCUT2D eigenvalue weighted by Gasteiger charge is -2.20. The van der Waals surface area contributed by atoms with Crippen molar-refractivity contribution in [2.45, 2.75) is 45.3 Å². The number of hydrogen-bond donors (Lipinski definition) is 1. The summed E-state index contributed by atoms with van der Waals surface area (Å²) < 4.78 is 22.0. The van der Waals surface area contributed by atoms with Gasteiger partial charge in [0.05, 0.1) is 21.3 Å².